The normalized spacial score (nSPS) is 14.9. The van der Waals surface area contributed by atoms with Crippen molar-refractivity contribution in [1.82, 2.24) is 4.90 Å². The number of aliphatic hydroxyl groups excluding tert-OH is 1. The van der Waals surface area contributed by atoms with Crippen molar-refractivity contribution in [2.45, 2.75) is 71.1 Å². The van der Waals surface area contributed by atoms with Gasteiger partial charge in [-0.25, -0.2) is 0 Å². The van der Waals surface area contributed by atoms with E-state index in [1.54, 1.807) is 0 Å². The van der Waals surface area contributed by atoms with Crippen LogP contribution in [0.2, 0.25) is 18.1 Å². The average molecular weight is 400 g/mol. The van der Waals surface area contributed by atoms with E-state index in [1.807, 2.05) is 19.1 Å². The maximum Gasteiger partial charge on any atom is 0.192 e. The number of hydrogen-bond donors (Lipinski definition) is 1. The summed E-state index contributed by atoms with van der Waals surface area (Å²) in [7, 11) is -1.88. The molecule has 0 fully saturated rings. The summed E-state index contributed by atoms with van der Waals surface area (Å²) < 4.78 is 6.51. The molecule has 2 aromatic rings. The van der Waals surface area contributed by atoms with Crippen molar-refractivity contribution >= 4 is 8.32 Å². The van der Waals surface area contributed by atoms with Gasteiger partial charge in [0.25, 0.3) is 0 Å². The van der Waals surface area contributed by atoms with Crippen LogP contribution in [0.5, 0.6) is 0 Å². The molecule has 28 heavy (non-hydrogen) atoms. The fourth-order valence-electron chi connectivity index (χ4n) is 2.99. The van der Waals surface area contributed by atoms with Gasteiger partial charge in [-0.1, -0.05) is 81.4 Å². The topological polar surface area (TPSA) is 32.7 Å². The van der Waals surface area contributed by atoms with Gasteiger partial charge in [0.05, 0.1) is 18.8 Å². The highest BCUT2D eigenvalue weighted by molar-refractivity contribution is 6.74. The minimum atomic E-state index is -1.88. The van der Waals surface area contributed by atoms with Crippen molar-refractivity contribution < 1.29 is 9.53 Å². The summed E-state index contributed by atoms with van der Waals surface area (Å²) in [6, 6.07) is 20.9. The lowest BCUT2D eigenvalue weighted by atomic mass is 10.1. The van der Waals surface area contributed by atoms with Crippen molar-refractivity contribution in [3.05, 3.63) is 71.8 Å². The Hall–Kier alpha value is -1.46. The molecular formula is C24H37NO2Si. The summed E-state index contributed by atoms with van der Waals surface area (Å²) in [5.74, 6) is 0. The van der Waals surface area contributed by atoms with Crippen molar-refractivity contribution in [2.75, 3.05) is 6.61 Å². The number of benzene rings is 2. The van der Waals surface area contributed by atoms with Crippen molar-refractivity contribution in [3.63, 3.8) is 0 Å². The molecule has 0 unspecified atom stereocenters. The van der Waals surface area contributed by atoms with Gasteiger partial charge < -0.3 is 9.53 Å². The van der Waals surface area contributed by atoms with Crippen LogP contribution in [-0.4, -0.2) is 37.1 Å². The van der Waals surface area contributed by atoms with Crippen LogP contribution < -0.4 is 0 Å². The van der Waals surface area contributed by atoms with Gasteiger partial charge in [0.2, 0.25) is 0 Å². The minimum Gasteiger partial charge on any atom is -0.415 e. The van der Waals surface area contributed by atoms with Crippen LogP contribution in [0, 0.1) is 0 Å². The maximum absolute atomic E-state index is 10.6. The first-order valence-corrected chi connectivity index (χ1v) is 13.1. The fraction of sp³-hybridized carbons (Fsp3) is 0.500. The first kappa shape index (κ1) is 22.8. The second-order valence-electron chi connectivity index (χ2n) is 9.26. The number of hydrogen-bond acceptors (Lipinski definition) is 3. The van der Waals surface area contributed by atoms with E-state index in [9.17, 15) is 5.11 Å². The third-order valence-electron chi connectivity index (χ3n) is 5.90. The van der Waals surface area contributed by atoms with Gasteiger partial charge in [-0.05, 0) is 36.2 Å². The van der Waals surface area contributed by atoms with Gasteiger partial charge in [0.15, 0.2) is 8.32 Å². The largest absolute Gasteiger partial charge is 0.415 e. The molecule has 0 heterocycles. The number of rotatable bonds is 9. The SMILES string of the molecule is C[C@@H](O)[C@H](CO[Si](C)(C)C(C)(C)C)N(Cc1ccccc1)Cc1ccccc1. The molecule has 0 radical (unpaired) electrons. The molecule has 0 saturated carbocycles. The Bertz CT molecular complexity index is 654. The Morgan fingerprint density at radius 3 is 1.68 bits per heavy atom. The zero-order chi connectivity index (χ0) is 20.8. The highest BCUT2D eigenvalue weighted by atomic mass is 28.4. The second kappa shape index (κ2) is 9.84. The van der Waals surface area contributed by atoms with E-state index in [0.717, 1.165) is 13.1 Å². The lowest BCUT2D eigenvalue weighted by Gasteiger charge is -2.40. The molecule has 3 nitrogen and oxygen atoms in total. The Morgan fingerprint density at radius 2 is 1.32 bits per heavy atom. The van der Waals surface area contributed by atoms with Crippen LogP contribution in [-0.2, 0) is 17.5 Å². The van der Waals surface area contributed by atoms with Gasteiger partial charge in [-0.3, -0.25) is 4.90 Å². The summed E-state index contributed by atoms with van der Waals surface area (Å²) in [5, 5.41) is 10.8. The van der Waals surface area contributed by atoms with E-state index in [-0.39, 0.29) is 11.1 Å². The molecule has 2 rings (SSSR count). The van der Waals surface area contributed by atoms with Crippen LogP contribution in [0.3, 0.4) is 0 Å². The average Bonchev–Trinajstić information content (AvgIpc) is 2.62. The number of nitrogens with zero attached hydrogens (tertiary/aromatic N) is 1. The predicted octanol–water partition coefficient (Wildman–Crippen LogP) is 5.46. The van der Waals surface area contributed by atoms with Crippen molar-refractivity contribution in [3.8, 4) is 0 Å². The molecule has 0 bridgehead atoms. The quantitative estimate of drug-likeness (QED) is 0.568. The first-order valence-electron chi connectivity index (χ1n) is 10.2. The van der Waals surface area contributed by atoms with Gasteiger partial charge in [0, 0.05) is 13.1 Å². The molecule has 0 saturated heterocycles. The smallest absolute Gasteiger partial charge is 0.192 e. The molecule has 0 aromatic heterocycles. The Kier molecular flexibility index (Phi) is 8.02. The van der Waals surface area contributed by atoms with Gasteiger partial charge in [-0.2, -0.15) is 0 Å². The summed E-state index contributed by atoms with van der Waals surface area (Å²) in [6.45, 7) is 15.3. The monoisotopic (exact) mass is 399 g/mol. The highest BCUT2D eigenvalue weighted by Crippen LogP contribution is 2.36. The fourth-order valence-corrected chi connectivity index (χ4v) is 4.01. The molecule has 0 aliphatic carbocycles. The minimum absolute atomic E-state index is 0.0606. The first-order chi connectivity index (χ1) is 13.1. The van der Waals surface area contributed by atoms with E-state index >= 15 is 0 Å². The van der Waals surface area contributed by atoms with E-state index in [2.05, 4.69) is 87.3 Å². The third kappa shape index (κ3) is 6.56. The Labute approximate surface area is 172 Å². The molecule has 2 aromatic carbocycles. The molecule has 1 N–H and O–H groups in total. The highest BCUT2D eigenvalue weighted by Gasteiger charge is 2.38. The number of aliphatic hydroxyl groups is 1. The predicted molar refractivity (Wildman–Crippen MR) is 121 cm³/mol. The summed E-state index contributed by atoms with van der Waals surface area (Å²) in [4.78, 5) is 2.35. The molecule has 0 aliphatic rings. The van der Waals surface area contributed by atoms with E-state index < -0.39 is 14.4 Å². The van der Waals surface area contributed by atoms with Crippen LogP contribution in [0.25, 0.3) is 0 Å². The molecule has 154 valence electrons. The third-order valence-corrected chi connectivity index (χ3v) is 10.4. The molecular weight excluding hydrogens is 362 g/mol. The van der Waals surface area contributed by atoms with Crippen LogP contribution >= 0.6 is 0 Å². The van der Waals surface area contributed by atoms with Gasteiger partial charge in [0.1, 0.15) is 0 Å². The zero-order valence-electron chi connectivity index (χ0n) is 18.4. The summed E-state index contributed by atoms with van der Waals surface area (Å²) >= 11 is 0. The second-order valence-corrected chi connectivity index (χ2v) is 14.1. The molecule has 2 atom stereocenters. The lowest BCUT2D eigenvalue weighted by molar-refractivity contribution is 0.0195. The molecule has 0 amide bonds. The lowest BCUT2D eigenvalue weighted by Crippen LogP contribution is -2.49. The van der Waals surface area contributed by atoms with Crippen LogP contribution in [0.15, 0.2) is 60.7 Å². The van der Waals surface area contributed by atoms with E-state index in [0.29, 0.717) is 6.61 Å². The van der Waals surface area contributed by atoms with Gasteiger partial charge >= 0.3 is 0 Å². The van der Waals surface area contributed by atoms with E-state index in [1.165, 1.54) is 11.1 Å². The summed E-state index contributed by atoms with van der Waals surface area (Å²) in [6.07, 6.45) is -0.475. The van der Waals surface area contributed by atoms with Crippen molar-refractivity contribution in [1.29, 1.82) is 0 Å². The molecule has 4 heteroatoms. The summed E-state index contributed by atoms with van der Waals surface area (Å²) in [5.41, 5.74) is 2.49. The zero-order valence-corrected chi connectivity index (χ0v) is 19.4. The Morgan fingerprint density at radius 1 is 0.893 bits per heavy atom. The molecule has 0 spiro atoms. The van der Waals surface area contributed by atoms with Crippen LogP contribution in [0.4, 0.5) is 0 Å². The van der Waals surface area contributed by atoms with Crippen LogP contribution in [0.1, 0.15) is 38.8 Å². The Balaban J connectivity index is 2.23. The van der Waals surface area contributed by atoms with E-state index in [4.69, 9.17) is 4.43 Å². The molecule has 0 aliphatic heterocycles. The van der Waals surface area contributed by atoms with Gasteiger partial charge in [-0.15, -0.1) is 0 Å². The standard InChI is InChI=1S/C24H37NO2Si/c1-20(26)23(19-27-28(5,6)24(2,3)4)25(17-21-13-9-7-10-14-21)18-22-15-11-8-12-16-22/h7-16,20,23,26H,17-19H2,1-6H3/t20-,23+/m1/s1. The maximum atomic E-state index is 10.6. The van der Waals surface area contributed by atoms with Crippen molar-refractivity contribution in [2.24, 2.45) is 0 Å².